The first-order valence-corrected chi connectivity index (χ1v) is 10.7. The number of carbonyl (C=O) groups excluding carboxylic acids is 1. The summed E-state index contributed by atoms with van der Waals surface area (Å²) in [4.78, 5) is 23.4. The van der Waals surface area contributed by atoms with E-state index in [4.69, 9.17) is 16.2 Å². The predicted molar refractivity (Wildman–Crippen MR) is 112 cm³/mol. The second kappa shape index (κ2) is 7.36. The Hall–Kier alpha value is -2.43. The van der Waals surface area contributed by atoms with Crippen molar-refractivity contribution in [1.29, 1.82) is 0 Å². The molecule has 1 aromatic carbocycles. The van der Waals surface area contributed by atoms with Crippen LogP contribution in [0.5, 0.6) is 0 Å². The number of nitrogens with one attached hydrogen (secondary N) is 1. The molecule has 0 radical (unpaired) electrons. The lowest BCUT2D eigenvalue weighted by atomic mass is 9.75. The van der Waals surface area contributed by atoms with Crippen LogP contribution in [-0.4, -0.2) is 48.2 Å². The van der Waals surface area contributed by atoms with Crippen LogP contribution in [0, 0.1) is 5.41 Å². The Balaban J connectivity index is 1.32. The van der Waals surface area contributed by atoms with Gasteiger partial charge in [-0.05, 0) is 25.0 Å². The molecule has 30 heavy (non-hydrogen) atoms. The fraction of sp³-hybridized carbons (Fsp3) is 0.450. The summed E-state index contributed by atoms with van der Waals surface area (Å²) in [5.41, 5.74) is 13.3. The van der Waals surface area contributed by atoms with E-state index in [9.17, 15) is 9.18 Å². The van der Waals surface area contributed by atoms with Crippen LogP contribution in [0.2, 0.25) is 0 Å². The van der Waals surface area contributed by atoms with Gasteiger partial charge in [0.25, 0.3) is 5.91 Å². The third-order valence-electron chi connectivity index (χ3n) is 6.32. The number of hydrogen-bond donors (Lipinski definition) is 3. The number of nitrogen functional groups attached to an aromatic ring is 1. The highest BCUT2D eigenvalue weighted by Crippen LogP contribution is 2.43. The number of halogens is 1. The maximum atomic E-state index is 14.3. The molecule has 1 spiro atoms. The Morgan fingerprint density at radius 2 is 2.13 bits per heavy atom. The van der Waals surface area contributed by atoms with E-state index in [1.54, 1.807) is 24.4 Å². The van der Waals surface area contributed by atoms with Crippen molar-refractivity contribution < 1.29 is 13.9 Å². The highest BCUT2D eigenvalue weighted by Gasteiger charge is 2.44. The Morgan fingerprint density at radius 1 is 1.33 bits per heavy atom. The number of alkyl halides is 1. The van der Waals surface area contributed by atoms with Crippen molar-refractivity contribution in [3.05, 3.63) is 30.0 Å². The van der Waals surface area contributed by atoms with Crippen molar-refractivity contribution in [2.75, 3.05) is 42.3 Å². The molecule has 0 bridgehead atoms. The first-order valence-electron chi connectivity index (χ1n) is 9.93. The lowest BCUT2D eigenvalue weighted by Crippen LogP contribution is -2.49. The molecule has 2 unspecified atom stereocenters. The van der Waals surface area contributed by atoms with Crippen molar-refractivity contribution in [1.82, 2.24) is 9.97 Å². The van der Waals surface area contributed by atoms with E-state index in [0.717, 1.165) is 38.4 Å². The predicted octanol–water partition coefficient (Wildman–Crippen LogP) is 2.12. The summed E-state index contributed by atoms with van der Waals surface area (Å²) < 4.78 is 19.9. The van der Waals surface area contributed by atoms with Gasteiger partial charge in [0.15, 0.2) is 5.82 Å². The van der Waals surface area contributed by atoms with Gasteiger partial charge in [-0.1, -0.05) is 17.8 Å². The summed E-state index contributed by atoms with van der Waals surface area (Å²) in [7, 11) is 0. The monoisotopic (exact) mass is 430 g/mol. The van der Waals surface area contributed by atoms with E-state index in [1.807, 2.05) is 0 Å². The van der Waals surface area contributed by atoms with E-state index < -0.39 is 12.1 Å². The number of piperidine rings is 1. The van der Waals surface area contributed by atoms with Crippen molar-refractivity contribution in [2.45, 2.75) is 35.0 Å². The van der Waals surface area contributed by atoms with Crippen LogP contribution >= 0.6 is 11.8 Å². The third-order valence-corrected chi connectivity index (χ3v) is 7.41. The average molecular weight is 431 g/mol. The molecule has 0 aliphatic carbocycles. The molecule has 5 N–H and O–H groups in total. The SMILES string of the molecule is Nc1nc(N2CCC3(CC2)COCC3N)cnc1Sc1cccc2c1C(F)C(=O)N2. The number of carbonyl (C=O) groups is 1. The molecule has 4 heterocycles. The van der Waals surface area contributed by atoms with Crippen molar-refractivity contribution in [3.63, 3.8) is 0 Å². The van der Waals surface area contributed by atoms with E-state index >= 15 is 0 Å². The van der Waals surface area contributed by atoms with Gasteiger partial charge in [0, 0.05) is 40.7 Å². The van der Waals surface area contributed by atoms with E-state index in [1.165, 1.54) is 11.8 Å². The molecule has 2 aromatic rings. The van der Waals surface area contributed by atoms with Crippen LogP contribution in [-0.2, 0) is 9.53 Å². The quantitative estimate of drug-likeness (QED) is 0.677. The zero-order valence-corrected chi connectivity index (χ0v) is 17.1. The summed E-state index contributed by atoms with van der Waals surface area (Å²) in [5.74, 6) is 0.351. The van der Waals surface area contributed by atoms with E-state index in [0.29, 0.717) is 27.8 Å². The minimum absolute atomic E-state index is 0.0628. The standard InChI is InChI=1S/C20H23FN6O2S/c21-16-15-11(25-18(16)28)2-1-3-12(15)30-19-17(23)26-14(8-24-19)27-6-4-20(5-7-27)10-29-9-13(20)22/h1-3,8,13,16H,4-7,9-10,22H2,(H2,23,26)(H,25,28). The molecule has 3 aliphatic heterocycles. The molecule has 2 saturated heterocycles. The topological polar surface area (TPSA) is 119 Å². The van der Waals surface area contributed by atoms with Gasteiger partial charge in [0.2, 0.25) is 6.17 Å². The molecule has 5 rings (SSSR count). The van der Waals surface area contributed by atoms with Crippen LogP contribution < -0.4 is 21.7 Å². The molecule has 0 saturated carbocycles. The first kappa shape index (κ1) is 19.5. The number of rotatable bonds is 3. The molecule has 1 amide bonds. The zero-order valence-electron chi connectivity index (χ0n) is 16.3. The number of nitrogens with two attached hydrogens (primary N) is 2. The summed E-state index contributed by atoms with van der Waals surface area (Å²) in [6.45, 7) is 2.99. The van der Waals surface area contributed by atoms with E-state index in [-0.39, 0.29) is 17.3 Å². The Morgan fingerprint density at radius 3 is 2.83 bits per heavy atom. The van der Waals surface area contributed by atoms with Gasteiger partial charge in [-0.3, -0.25) is 4.79 Å². The maximum Gasteiger partial charge on any atom is 0.263 e. The minimum atomic E-state index is -1.69. The second-order valence-electron chi connectivity index (χ2n) is 8.06. The van der Waals surface area contributed by atoms with Crippen LogP contribution in [0.1, 0.15) is 24.6 Å². The molecule has 8 nitrogen and oxygen atoms in total. The highest BCUT2D eigenvalue weighted by molar-refractivity contribution is 7.99. The highest BCUT2D eigenvalue weighted by atomic mass is 32.2. The Bertz CT molecular complexity index is 997. The van der Waals surface area contributed by atoms with Gasteiger partial charge < -0.3 is 26.4 Å². The van der Waals surface area contributed by atoms with Gasteiger partial charge in [-0.2, -0.15) is 0 Å². The molecule has 2 fully saturated rings. The smallest absolute Gasteiger partial charge is 0.263 e. The number of nitrogens with zero attached hydrogens (tertiary/aromatic N) is 3. The second-order valence-corrected chi connectivity index (χ2v) is 9.09. The molecule has 1 aromatic heterocycles. The number of amides is 1. The normalized spacial score (nSPS) is 24.9. The summed E-state index contributed by atoms with van der Waals surface area (Å²) >= 11 is 1.21. The Kier molecular flexibility index (Phi) is 4.79. The van der Waals surface area contributed by atoms with Gasteiger partial charge in [-0.15, -0.1) is 0 Å². The lowest BCUT2D eigenvalue weighted by Gasteiger charge is -2.41. The van der Waals surface area contributed by atoms with Gasteiger partial charge in [-0.25, -0.2) is 14.4 Å². The number of aromatic nitrogens is 2. The van der Waals surface area contributed by atoms with Gasteiger partial charge >= 0.3 is 0 Å². The van der Waals surface area contributed by atoms with Crippen LogP contribution in [0.25, 0.3) is 0 Å². The van der Waals surface area contributed by atoms with Crippen LogP contribution in [0.4, 0.5) is 21.7 Å². The first-order chi connectivity index (χ1) is 14.5. The molecule has 10 heteroatoms. The fourth-order valence-corrected chi connectivity index (χ4v) is 5.35. The largest absolute Gasteiger partial charge is 0.381 e. The minimum Gasteiger partial charge on any atom is -0.381 e. The maximum absolute atomic E-state index is 14.3. The van der Waals surface area contributed by atoms with Gasteiger partial charge in [0.1, 0.15) is 10.8 Å². The number of fused-ring (bicyclic) bond motifs is 1. The molecular weight excluding hydrogens is 407 g/mol. The van der Waals surface area contributed by atoms with Crippen molar-refractivity contribution in [3.8, 4) is 0 Å². The number of benzene rings is 1. The van der Waals surface area contributed by atoms with Crippen LogP contribution in [0.15, 0.2) is 34.3 Å². The lowest BCUT2D eigenvalue weighted by molar-refractivity contribution is -0.120. The number of hydrogen-bond acceptors (Lipinski definition) is 8. The van der Waals surface area contributed by atoms with Crippen molar-refractivity contribution >= 4 is 35.0 Å². The molecule has 2 atom stereocenters. The summed E-state index contributed by atoms with van der Waals surface area (Å²) in [6, 6.07) is 5.28. The van der Waals surface area contributed by atoms with Crippen molar-refractivity contribution in [2.24, 2.45) is 11.1 Å². The number of ether oxygens (including phenoxy) is 1. The number of anilines is 3. The van der Waals surface area contributed by atoms with Gasteiger partial charge in [0.05, 0.1) is 19.4 Å². The zero-order chi connectivity index (χ0) is 20.9. The molecule has 158 valence electrons. The summed E-state index contributed by atoms with van der Waals surface area (Å²) in [5, 5.41) is 3.03. The molecule has 3 aliphatic rings. The van der Waals surface area contributed by atoms with E-state index in [2.05, 4.69) is 20.2 Å². The molecular formula is C20H23FN6O2S. The summed E-state index contributed by atoms with van der Waals surface area (Å²) in [6.07, 6.45) is 1.90. The average Bonchev–Trinajstić information content (AvgIpc) is 3.24. The van der Waals surface area contributed by atoms with Crippen LogP contribution in [0.3, 0.4) is 0 Å². The third kappa shape index (κ3) is 3.19. The fourth-order valence-electron chi connectivity index (χ4n) is 4.42. The Labute approximate surface area is 177 Å².